The summed E-state index contributed by atoms with van der Waals surface area (Å²) in [4.78, 5) is 5.32. The van der Waals surface area contributed by atoms with Crippen LogP contribution in [0.1, 0.15) is 56.2 Å². The molecule has 0 amide bonds. The smallest absolute Gasteiger partial charge is 0.149 e. The molecular weight excluding hydrogens is 572 g/mol. The molecule has 0 N–H and O–H groups in total. The minimum Gasteiger partial charge on any atom is -0.455 e. The van der Waals surface area contributed by atoms with Gasteiger partial charge in [-0.1, -0.05) is 119 Å². The Morgan fingerprint density at radius 3 is 1.91 bits per heavy atom. The van der Waals surface area contributed by atoms with Crippen LogP contribution < -0.4 is 0 Å². The van der Waals surface area contributed by atoms with E-state index in [0.717, 1.165) is 44.4 Å². The van der Waals surface area contributed by atoms with Crippen LogP contribution in [0.15, 0.2) is 132 Å². The number of hydrogen-bond acceptors (Lipinski definition) is 2. The molecule has 0 spiro atoms. The molecule has 2 aromatic heterocycles. The number of imidazole rings is 1. The highest BCUT2D eigenvalue weighted by molar-refractivity contribution is 6.09. The van der Waals surface area contributed by atoms with E-state index in [2.05, 4.69) is 167 Å². The first kappa shape index (κ1) is 29.0. The van der Waals surface area contributed by atoms with Gasteiger partial charge in [-0.15, -0.1) is 0 Å². The molecule has 8 rings (SSSR count). The van der Waals surface area contributed by atoms with Crippen LogP contribution in [0.25, 0.3) is 72.3 Å². The molecule has 0 radical (unpaired) electrons. The summed E-state index contributed by atoms with van der Waals surface area (Å²) in [7, 11) is 0. The van der Waals surface area contributed by atoms with Gasteiger partial charge in [0.15, 0.2) is 0 Å². The number of para-hydroxylation sites is 3. The van der Waals surface area contributed by atoms with Gasteiger partial charge >= 0.3 is 0 Å². The van der Waals surface area contributed by atoms with Gasteiger partial charge in [-0.05, 0) is 94.1 Å². The van der Waals surface area contributed by atoms with Crippen molar-refractivity contribution in [2.24, 2.45) is 0 Å². The van der Waals surface area contributed by atoms with Crippen molar-refractivity contribution in [1.82, 2.24) is 9.55 Å². The number of furan rings is 1. The van der Waals surface area contributed by atoms with Crippen LogP contribution in [-0.4, -0.2) is 9.55 Å². The second-order valence-corrected chi connectivity index (χ2v) is 13.3. The Hall–Kier alpha value is -5.41. The van der Waals surface area contributed by atoms with E-state index < -0.39 is 0 Å². The number of nitrogens with zero attached hydrogens (tertiary/aromatic N) is 2. The summed E-state index contributed by atoms with van der Waals surface area (Å²) in [5.41, 5.74) is 14.8. The summed E-state index contributed by atoms with van der Waals surface area (Å²) in [6.07, 6.45) is 0. The lowest BCUT2D eigenvalue weighted by Crippen LogP contribution is -2.09. The van der Waals surface area contributed by atoms with E-state index in [1.807, 2.05) is 0 Å². The monoisotopic (exact) mass is 610 g/mol. The Morgan fingerprint density at radius 1 is 0.574 bits per heavy atom. The lowest BCUT2D eigenvalue weighted by atomic mass is 9.87. The van der Waals surface area contributed by atoms with Crippen LogP contribution in [0.2, 0.25) is 0 Å². The van der Waals surface area contributed by atoms with Crippen molar-refractivity contribution < 1.29 is 4.42 Å². The van der Waals surface area contributed by atoms with Crippen molar-refractivity contribution in [1.29, 1.82) is 0 Å². The van der Waals surface area contributed by atoms with E-state index in [1.165, 1.54) is 44.6 Å². The number of rotatable bonds is 6. The van der Waals surface area contributed by atoms with Crippen molar-refractivity contribution in [2.45, 2.75) is 46.5 Å². The average Bonchev–Trinajstić information content (AvgIpc) is 3.66. The third kappa shape index (κ3) is 4.94. The zero-order valence-electron chi connectivity index (χ0n) is 27.6. The van der Waals surface area contributed by atoms with Crippen molar-refractivity contribution in [3.8, 4) is 39.3 Å². The summed E-state index contributed by atoms with van der Waals surface area (Å²) < 4.78 is 9.02. The average molecular weight is 611 g/mol. The molecule has 0 bridgehead atoms. The first-order chi connectivity index (χ1) is 22.9. The van der Waals surface area contributed by atoms with Gasteiger partial charge in [0.1, 0.15) is 17.0 Å². The SMILES string of the molecule is Cc1ccc2c(c1)oc1c(-c3nc4ccccc4n3-c3c(C(C)C)cc(-c4ccc(-c5ccccc5)cc4)cc3C(C)C)cccc12. The number of aryl methyl sites for hydroxylation is 1. The van der Waals surface area contributed by atoms with Crippen LogP contribution in [-0.2, 0) is 0 Å². The molecule has 6 aromatic carbocycles. The third-order valence-electron chi connectivity index (χ3n) is 9.42. The summed E-state index contributed by atoms with van der Waals surface area (Å²) in [6, 6.07) is 45.7. The Labute approximate surface area is 276 Å². The molecule has 8 aromatic rings. The maximum absolute atomic E-state index is 6.63. The summed E-state index contributed by atoms with van der Waals surface area (Å²) >= 11 is 0. The number of aromatic nitrogens is 2. The van der Waals surface area contributed by atoms with Gasteiger partial charge in [-0.2, -0.15) is 0 Å². The van der Waals surface area contributed by atoms with Gasteiger partial charge in [0, 0.05) is 10.8 Å². The van der Waals surface area contributed by atoms with Gasteiger partial charge in [0.25, 0.3) is 0 Å². The normalized spacial score (nSPS) is 11.9. The summed E-state index contributed by atoms with van der Waals surface area (Å²) in [5.74, 6) is 1.46. The van der Waals surface area contributed by atoms with Crippen LogP contribution in [0.3, 0.4) is 0 Å². The molecule has 0 aliphatic heterocycles. The van der Waals surface area contributed by atoms with Crippen molar-refractivity contribution >= 4 is 33.0 Å². The molecule has 0 saturated heterocycles. The standard InChI is InChI=1S/C44H38N2O/c1-27(2)37-25-33(32-21-19-31(20-22-32)30-12-7-6-8-13-30)26-38(28(3)4)42(37)46-40-17-10-9-16-39(40)45-44(46)36-15-11-14-35-34-23-18-29(5)24-41(34)47-43(35)36/h6-28H,1-5H3. The number of hydrogen-bond donors (Lipinski definition) is 0. The second kappa shape index (κ2) is 11.4. The van der Waals surface area contributed by atoms with E-state index in [4.69, 9.17) is 9.40 Å². The zero-order chi connectivity index (χ0) is 32.2. The molecule has 0 fully saturated rings. The maximum atomic E-state index is 6.63. The maximum Gasteiger partial charge on any atom is 0.149 e. The number of fused-ring (bicyclic) bond motifs is 4. The Balaban J connectivity index is 1.38. The van der Waals surface area contributed by atoms with Crippen molar-refractivity contribution in [2.75, 3.05) is 0 Å². The van der Waals surface area contributed by atoms with Gasteiger partial charge in [-0.25, -0.2) is 4.98 Å². The molecule has 3 heteroatoms. The summed E-state index contributed by atoms with van der Waals surface area (Å²) in [6.45, 7) is 11.3. The first-order valence-corrected chi connectivity index (χ1v) is 16.6. The molecule has 2 heterocycles. The van der Waals surface area contributed by atoms with Crippen molar-refractivity contribution in [3.05, 3.63) is 144 Å². The van der Waals surface area contributed by atoms with E-state index in [-0.39, 0.29) is 11.8 Å². The Bertz CT molecular complexity index is 2380. The zero-order valence-corrected chi connectivity index (χ0v) is 27.6. The predicted molar refractivity (Wildman–Crippen MR) is 198 cm³/mol. The van der Waals surface area contributed by atoms with Crippen LogP contribution in [0.4, 0.5) is 0 Å². The van der Waals surface area contributed by atoms with Crippen LogP contribution in [0, 0.1) is 6.92 Å². The highest BCUT2D eigenvalue weighted by Crippen LogP contribution is 2.42. The van der Waals surface area contributed by atoms with Gasteiger partial charge in [-0.3, -0.25) is 4.57 Å². The third-order valence-corrected chi connectivity index (χ3v) is 9.42. The molecule has 230 valence electrons. The molecular formula is C44H38N2O. The fourth-order valence-corrected chi connectivity index (χ4v) is 6.99. The van der Waals surface area contributed by atoms with Crippen LogP contribution in [0.5, 0.6) is 0 Å². The molecule has 0 aliphatic rings. The van der Waals surface area contributed by atoms with E-state index in [1.54, 1.807) is 0 Å². The van der Waals surface area contributed by atoms with E-state index >= 15 is 0 Å². The quantitative estimate of drug-likeness (QED) is 0.187. The highest BCUT2D eigenvalue weighted by Gasteiger charge is 2.25. The molecule has 47 heavy (non-hydrogen) atoms. The molecule has 0 saturated carbocycles. The lowest BCUT2D eigenvalue weighted by Gasteiger charge is -2.24. The van der Waals surface area contributed by atoms with Gasteiger partial charge < -0.3 is 4.42 Å². The fraction of sp³-hybridized carbons (Fsp3) is 0.159. The molecule has 0 atom stereocenters. The predicted octanol–water partition coefficient (Wildman–Crippen LogP) is 12.5. The molecule has 0 unspecified atom stereocenters. The second-order valence-electron chi connectivity index (χ2n) is 13.3. The summed E-state index contributed by atoms with van der Waals surface area (Å²) in [5, 5.41) is 2.24. The number of benzene rings is 6. The minimum atomic E-state index is 0.282. The lowest BCUT2D eigenvalue weighted by molar-refractivity contribution is 0.669. The fourth-order valence-electron chi connectivity index (χ4n) is 6.99. The first-order valence-electron chi connectivity index (χ1n) is 16.6. The van der Waals surface area contributed by atoms with Crippen LogP contribution >= 0.6 is 0 Å². The Kier molecular flexibility index (Phi) is 7.06. The van der Waals surface area contributed by atoms with Crippen molar-refractivity contribution in [3.63, 3.8) is 0 Å². The Morgan fingerprint density at radius 2 is 1.21 bits per heavy atom. The highest BCUT2D eigenvalue weighted by atomic mass is 16.3. The van der Waals surface area contributed by atoms with E-state index in [9.17, 15) is 0 Å². The topological polar surface area (TPSA) is 31.0 Å². The van der Waals surface area contributed by atoms with Gasteiger partial charge in [0.05, 0.1) is 22.3 Å². The van der Waals surface area contributed by atoms with Gasteiger partial charge in [0.2, 0.25) is 0 Å². The molecule has 3 nitrogen and oxygen atoms in total. The molecule has 0 aliphatic carbocycles. The minimum absolute atomic E-state index is 0.282. The largest absolute Gasteiger partial charge is 0.455 e. The van der Waals surface area contributed by atoms with E-state index in [0.29, 0.717) is 0 Å².